The van der Waals surface area contributed by atoms with Gasteiger partial charge >= 0.3 is 0 Å². The van der Waals surface area contributed by atoms with E-state index in [9.17, 15) is 4.79 Å². The van der Waals surface area contributed by atoms with Crippen LogP contribution in [0.4, 0.5) is 0 Å². The number of phenolic OH excluding ortho intramolecular Hbond substituents is 1. The quantitative estimate of drug-likeness (QED) is 0.611. The van der Waals surface area contributed by atoms with Gasteiger partial charge in [-0.2, -0.15) is 0 Å². The standard InChI is InChI=1S/C7H6O2.Bi/c8-5-6-2-1-3-7(9)4-6;/h1-5,9H;. The first kappa shape index (κ1) is 9.57. The molecule has 0 aromatic heterocycles. The van der Waals surface area contributed by atoms with Crippen molar-refractivity contribution in [1.29, 1.82) is 0 Å². The van der Waals surface area contributed by atoms with Crippen LogP contribution in [0.25, 0.3) is 0 Å². The third-order valence-corrected chi connectivity index (χ3v) is 1.01. The fourth-order valence-electron chi connectivity index (χ4n) is 0.598. The van der Waals surface area contributed by atoms with E-state index in [4.69, 9.17) is 5.11 Å². The summed E-state index contributed by atoms with van der Waals surface area (Å²) in [5, 5.41) is 8.79. The second-order valence-corrected chi connectivity index (χ2v) is 1.71. The van der Waals surface area contributed by atoms with Gasteiger partial charge in [0.05, 0.1) is 0 Å². The van der Waals surface area contributed by atoms with Crippen LogP contribution in [0.3, 0.4) is 0 Å². The molecule has 3 heteroatoms. The molecule has 0 fully saturated rings. The molecule has 10 heavy (non-hydrogen) atoms. The third kappa shape index (κ3) is 2.44. The third-order valence-electron chi connectivity index (χ3n) is 1.01. The van der Waals surface area contributed by atoms with E-state index in [0.717, 1.165) is 0 Å². The molecule has 0 atom stereocenters. The molecule has 0 spiro atoms. The summed E-state index contributed by atoms with van der Waals surface area (Å²) in [4.78, 5) is 10.0. The minimum absolute atomic E-state index is 0. The van der Waals surface area contributed by atoms with Gasteiger partial charge in [-0.25, -0.2) is 0 Å². The molecule has 0 saturated heterocycles. The topological polar surface area (TPSA) is 37.3 Å². The summed E-state index contributed by atoms with van der Waals surface area (Å²) in [6, 6.07) is 6.19. The Hall–Kier alpha value is -0.427. The molecule has 1 aromatic carbocycles. The van der Waals surface area contributed by atoms with Crippen molar-refractivity contribution in [3.05, 3.63) is 29.8 Å². The van der Waals surface area contributed by atoms with Crippen LogP contribution in [0.5, 0.6) is 5.75 Å². The Labute approximate surface area is 78.0 Å². The minimum Gasteiger partial charge on any atom is -0.508 e. The second-order valence-electron chi connectivity index (χ2n) is 1.71. The molecule has 0 saturated carbocycles. The first-order valence-electron chi connectivity index (χ1n) is 2.57. The van der Waals surface area contributed by atoms with E-state index in [1.807, 2.05) is 0 Å². The van der Waals surface area contributed by atoms with Crippen molar-refractivity contribution in [2.45, 2.75) is 0 Å². The van der Waals surface area contributed by atoms with Crippen molar-refractivity contribution in [1.82, 2.24) is 0 Å². The monoisotopic (exact) mass is 331 g/mol. The molecule has 1 rings (SSSR count). The van der Waals surface area contributed by atoms with Crippen LogP contribution < -0.4 is 0 Å². The van der Waals surface area contributed by atoms with E-state index in [1.54, 1.807) is 12.1 Å². The van der Waals surface area contributed by atoms with Crippen LogP contribution in [0.2, 0.25) is 0 Å². The van der Waals surface area contributed by atoms with Gasteiger partial charge < -0.3 is 5.11 Å². The van der Waals surface area contributed by atoms with Crippen molar-refractivity contribution in [3.63, 3.8) is 0 Å². The van der Waals surface area contributed by atoms with E-state index in [1.165, 1.54) is 12.1 Å². The molecule has 1 N–H and O–H groups in total. The summed E-state index contributed by atoms with van der Waals surface area (Å²) in [5.41, 5.74) is 0.495. The van der Waals surface area contributed by atoms with Crippen LogP contribution in [0.15, 0.2) is 24.3 Å². The van der Waals surface area contributed by atoms with Crippen LogP contribution in [0, 0.1) is 0 Å². The molecular weight excluding hydrogens is 325 g/mol. The van der Waals surface area contributed by atoms with Crippen molar-refractivity contribution < 1.29 is 9.90 Å². The maximum atomic E-state index is 10.0. The van der Waals surface area contributed by atoms with Crippen molar-refractivity contribution in [2.75, 3.05) is 0 Å². The molecule has 0 aliphatic rings. The van der Waals surface area contributed by atoms with Gasteiger partial charge in [0.1, 0.15) is 12.0 Å². The van der Waals surface area contributed by atoms with Crippen molar-refractivity contribution >= 4 is 32.5 Å². The molecule has 2 nitrogen and oxygen atoms in total. The smallest absolute Gasteiger partial charge is 0.150 e. The predicted molar refractivity (Wildman–Crippen MR) is 39.2 cm³/mol. The summed E-state index contributed by atoms with van der Waals surface area (Å²) in [7, 11) is 0. The summed E-state index contributed by atoms with van der Waals surface area (Å²) < 4.78 is 0. The molecule has 3 radical (unpaired) electrons. The van der Waals surface area contributed by atoms with Gasteiger partial charge in [0.15, 0.2) is 0 Å². The number of hydrogen-bond donors (Lipinski definition) is 1. The Morgan fingerprint density at radius 3 is 2.50 bits per heavy atom. The Bertz CT molecular complexity index is 223. The zero-order chi connectivity index (χ0) is 6.69. The molecule has 0 unspecified atom stereocenters. The fraction of sp³-hybridized carbons (Fsp3) is 0. The number of carbonyl (C=O) groups excluding carboxylic acids is 1. The SMILES string of the molecule is O=Cc1cccc(O)c1.[Bi]. The Kier molecular flexibility index (Phi) is 4.21. The summed E-state index contributed by atoms with van der Waals surface area (Å²) in [6.45, 7) is 0. The predicted octanol–water partition coefficient (Wildman–Crippen LogP) is 0.824. The molecule has 0 amide bonds. The zero-order valence-corrected chi connectivity index (χ0v) is 8.67. The van der Waals surface area contributed by atoms with Crippen LogP contribution in [-0.2, 0) is 0 Å². The van der Waals surface area contributed by atoms with Crippen LogP contribution in [0.1, 0.15) is 10.4 Å². The van der Waals surface area contributed by atoms with Gasteiger partial charge in [-0.3, -0.25) is 4.79 Å². The van der Waals surface area contributed by atoms with Gasteiger partial charge in [0.25, 0.3) is 0 Å². The van der Waals surface area contributed by atoms with Gasteiger partial charge in [-0.1, -0.05) is 12.1 Å². The van der Waals surface area contributed by atoms with Crippen LogP contribution in [-0.4, -0.2) is 37.6 Å². The van der Waals surface area contributed by atoms with E-state index < -0.39 is 0 Å². The summed E-state index contributed by atoms with van der Waals surface area (Å²) in [5.74, 6) is 0.125. The zero-order valence-electron chi connectivity index (χ0n) is 5.19. The molecular formula is C7H6BiO2. The van der Waals surface area contributed by atoms with E-state index in [2.05, 4.69) is 0 Å². The first-order chi connectivity index (χ1) is 4.33. The number of benzene rings is 1. The van der Waals surface area contributed by atoms with Gasteiger partial charge in [0, 0.05) is 31.8 Å². The molecule has 0 aliphatic carbocycles. The van der Waals surface area contributed by atoms with Crippen molar-refractivity contribution in [3.8, 4) is 5.75 Å². The molecule has 0 bridgehead atoms. The first-order valence-corrected chi connectivity index (χ1v) is 2.57. The number of rotatable bonds is 1. The van der Waals surface area contributed by atoms with E-state index in [-0.39, 0.29) is 32.0 Å². The summed E-state index contributed by atoms with van der Waals surface area (Å²) in [6.07, 6.45) is 0.694. The van der Waals surface area contributed by atoms with Crippen molar-refractivity contribution in [2.24, 2.45) is 0 Å². The number of hydrogen-bond acceptors (Lipinski definition) is 2. The van der Waals surface area contributed by atoms with Gasteiger partial charge in [-0.15, -0.1) is 0 Å². The average Bonchev–Trinajstić information content (AvgIpc) is 1.88. The maximum Gasteiger partial charge on any atom is 0.150 e. The summed E-state index contributed by atoms with van der Waals surface area (Å²) >= 11 is 0. The molecule has 0 heterocycles. The Morgan fingerprint density at radius 2 is 2.10 bits per heavy atom. The van der Waals surface area contributed by atoms with E-state index >= 15 is 0 Å². The maximum absolute atomic E-state index is 10.0. The van der Waals surface area contributed by atoms with Crippen LogP contribution >= 0.6 is 0 Å². The molecule has 0 aliphatic heterocycles. The Balaban J connectivity index is 0.000000810. The van der Waals surface area contributed by atoms with E-state index in [0.29, 0.717) is 11.8 Å². The molecule has 1 aromatic rings. The number of phenols is 1. The fourth-order valence-corrected chi connectivity index (χ4v) is 0.598. The second kappa shape index (κ2) is 4.40. The minimum atomic E-state index is 0. The average molecular weight is 331 g/mol. The Morgan fingerprint density at radius 1 is 1.40 bits per heavy atom. The largest absolute Gasteiger partial charge is 0.508 e. The molecule has 51 valence electrons. The number of carbonyl (C=O) groups is 1. The number of aromatic hydroxyl groups is 1. The van der Waals surface area contributed by atoms with Gasteiger partial charge in [0.2, 0.25) is 0 Å². The van der Waals surface area contributed by atoms with Gasteiger partial charge in [-0.05, 0) is 12.1 Å². The number of aldehydes is 1. The normalized spacial score (nSPS) is 8.00.